The molecule has 0 spiro atoms. The highest BCUT2D eigenvalue weighted by Gasteiger charge is 2.19. The number of hydrogen-bond acceptors (Lipinski definition) is 3. The van der Waals surface area contributed by atoms with E-state index in [-0.39, 0.29) is 0 Å². The molecular formula is C15H28N4. The van der Waals surface area contributed by atoms with Crippen molar-refractivity contribution in [1.29, 1.82) is 0 Å². The van der Waals surface area contributed by atoms with Crippen LogP contribution in [0.2, 0.25) is 0 Å². The van der Waals surface area contributed by atoms with Crippen LogP contribution >= 0.6 is 0 Å². The first kappa shape index (κ1) is 14.4. The summed E-state index contributed by atoms with van der Waals surface area (Å²) >= 11 is 0. The first-order valence-electron chi connectivity index (χ1n) is 7.72. The number of aryl methyl sites for hydroxylation is 2. The molecule has 1 N–H and O–H groups in total. The predicted octanol–water partition coefficient (Wildman–Crippen LogP) is 2.61. The normalized spacial score (nSPS) is 17.3. The molecule has 1 aromatic heterocycles. The van der Waals surface area contributed by atoms with Crippen LogP contribution in [0.3, 0.4) is 0 Å². The Hall–Kier alpha value is -1.03. The Labute approximate surface area is 117 Å². The molecule has 2 rings (SSSR count). The van der Waals surface area contributed by atoms with Crippen LogP contribution in [-0.4, -0.2) is 29.4 Å². The molecule has 0 aliphatic carbocycles. The summed E-state index contributed by atoms with van der Waals surface area (Å²) in [4.78, 5) is 2.55. The van der Waals surface area contributed by atoms with Crippen molar-refractivity contribution in [2.45, 2.75) is 52.5 Å². The summed E-state index contributed by atoms with van der Waals surface area (Å²) in [5.74, 6) is 1.33. The Morgan fingerprint density at radius 2 is 1.74 bits per heavy atom. The van der Waals surface area contributed by atoms with Gasteiger partial charge in [-0.25, -0.2) is 0 Å². The van der Waals surface area contributed by atoms with Gasteiger partial charge in [0.05, 0.1) is 5.69 Å². The van der Waals surface area contributed by atoms with Crippen molar-refractivity contribution in [3.63, 3.8) is 0 Å². The fourth-order valence-corrected chi connectivity index (χ4v) is 3.00. The zero-order valence-electron chi connectivity index (χ0n) is 12.7. The average Bonchev–Trinajstić information content (AvgIpc) is 2.61. The number of aromatic nitrogens is 2. The molecule has 19 heavy (non-hydrogen) atoms. The second kappa shape index (κ2) is 6.94. The van der Waals surface area contributed by atoms with Crippen molar-refractivity contribution in [3.8, 4) is 0 Å². The van der Waals surface area contributed by atoms with Crippen LogP contribution in [0.1, 0.15) is 50.3 Å². The van der Waals surface area contributed by atoms with Crippen LogP contribution < -0.4 is 10.2 Å². The van der Waals surface area contributed by atoms with E-state index in [4.69, 9.17) is 0 Å². The van der Waals surface area contributed by atoms with E-state index < -0.39 is 0 Å². The summed E-state index contributed by atoms with van der Waals surface area (Å²) in [5.41, 5.74) is 2.55. The zero-order chi connectivity index (χ0) is 13.7. The average molecular weight is 264 g/mol. The largest absolute Gasteiger partial charge is 0.357 e. The number of nitrogens with zero attached hydrogens (tertiary/aromatic N) is 3. The van der Waals surface area contributed by atoms with Gasteiger partial charge in [0, 0.05) is 32.2 Å². The van der Waals surface area contributed by atoms with Crippen LogP contribution in [0.25, 0.3) is 0 Å². The molecule has 1 fully saturated rings. The molecule has 0 atom stereocenters. The number of hydrogen-bond donors (Lipinski definition) is 1. The maximum atomic E-state index is 4.63. The summed E-state index contributed by atoms with van der Waals surface area (Å²) in [6, 6.07) is 0. The van der Waals surface area contributed by atoms with Crippen molar-refractivity contribution in [3.05, 3.63) is 11.3 Å². The van der Waals surface area contributed by atoms with Crippen LogP contribution in [0.5, 0.6) is 0 Å². The molecule has 1 aliphatic rings. The Bertz CT molecular complexity index is 389. The fraction of sp³-hybridized carbons (Fsp3) is 0.800. The minimum absolute atomic E-state index is 0.933. The highest BCUT2D eigenvalue weighted by atomic mass is 15.4. The second-order valence-corrected chi connectivity index (χ2v) is 5.55. The molecule has 0 saturated carbocycles. The molecular weight excluding hydrogens is 236 g/mol. The minimum atomic E-state index is 0.933. The van der Waals surface area contributed by atoms with Crippen LogP contribution in [0, 0.1) is 6.92 Å². The lowest BCUT2D eigenvalue weighted by Gasteiger charge is -2.28. The molecule has 0 bridgehead atoms. The molecule has 4 nitrogen and oxygen atoms in total. The molecule has 0 aromatic carbocycles. The molecule has 2 heterocycles. The number of anilines is 1. The third-order valence-corrected chi connectivity index (χ3v) is 4.02. The van der Waals surface area contributed by atoms with E-state index in [1.807, 2.05) is 0 Å². The van der Waals surface area contributed by atoms with E-state index in [0.717, 1.165) is 13.1 Å². The quantitative estimate of drug-likeness (QED) is 0.907. The summed E-state index contributed by atoms with van der Waals surface area (Å²) in [7, 11) is 2.08. The number of nitrogens with one attached hydrogen (secondary N) is 1. The van der Waals surface area contributed by atoms with Gasteiger partial charge in [0.25, 0.3) is 0 Å². The van der Waals surface area contributed by atoms with Gasteiger partial charge in [-0.2, -0.15) is 5.10 Å². The van der Waals surface area contributed by atoms with Crippen molar-refractivity contribution in [1.82, 2.24) is 15.1 Å². The van der Waals surface area contributed by atoms with Crippen molar-refractivity contribution in [2.24, 2.45) is 7.05 Å². The van der Waals surface area contributed by atoms with Gasteiger partial charge in [0.15, 0.2) is 0 Å². The minimum Gasteiger partial charge on any atom is -0.357 e. The van der Waals surface area contributed by atoms with Gasteiger partial charge in [0.1, 0.15) is 5.82 Å². The zero-order valence-corrected chi connectivity index (χ0v) is 12.7. The maximum absolute atomic E-state index is 4.63. The molecule has 0 radical (unpaired) electrons. The van der Waals surface area contributed by atoms with Gasteiger partial charge >= 0.3 is 0 Å². The smallest absolute Gasteiger partial charge is 0.131 e. The summed E-state index contributed by atoms with van der Waals surface area (Å²) in [6.45, 7) is 8.58. The molecule has 4 heteroatoms. The van der Waals surface area contributed by atoms with Crippen LogP contribution in [0.4, 0.5) is 5.82 Å². The molecule has 1 aliphatic heterocycles. The Morgan fingerprint density at radius 3 is 2.37 bits per heavy atom. The van der Waals surface area contributed by atoms with Crippen LogP contribution in [0.15, 0.2) is 0 Å². The SMILES string of the molecule is CCNCc1c(C)nn(C)c1N1CCCCCCC1. The fourth-order valence-electron chi connectivity index (χ4n) is 3.00. The highest BCUT2D eigenvalue weighted by Crippen LogP contribution is 2.25. The van der Waals surface area contributed by atoms with Crippen molar-refractivity contribution >= 4 is 5.82 Å². The lowest BCUT2D eigenvalue weighted by Crippen LogP contribution is -2.30. The Balaban J connectivity index is 2.20. The topological polar surface area (TPSA) is 33.1 Å². The third kappa shape index (κ3) is 3.50. The van der Waals surface area contributed by atoms with E-state index in [1.165, 1.54) is 62.3 Å². The first-order chi connectivity index (χ1) is 9.24. The van der Waals surface area contributed by atoms with Gasteiger partial charge in [0.2, 0.25) is 0 Å². The monoisotopic (exact) mass is 264 g/mol. The Morgan fingerprint density at radius 1 is 1.11 bits per heavy atom. The van der Waals surface area contributed by atoms with Gasteiger partial charge in [-0.15, -0.1) is 0 Å². The Kier molecular flexibility index (Phi) is 5.25. The van der Waals surface area contributed by atoms with E-state index in [0.29, 0.717) is 0 Å². The van der Waals surface area contributed by atoms with Crippen molar-refractivity contribution in [2.75, 3.05) is 24.5 Å². The molecule has 1 saturated heterocycles. The van der Waals surface area contributed by atoms with Crippen molar-refractivity contribution < 1.29 is 0 Å². The lowest BCUT2D eigenvalue weighted by atomic mass is 10.1. The van der Waals surface area contributed by atoms with Gasteiger partial charge < -0.3 is 10.2 Å². The van der Waals surface area contributed by atoms with Gasteiger partial charge in [-0.1, -0.05) is 26.2 Å². The standard InChI is InChI=1S/C15H28N4/c1-4-16-12-14-13(2)17-18(3)15(14)19-10-8-6-5-7-9-11-19/h16H,4-12H2,1-3H3. The second-order valence-electron chi connectivity index (χ2n) is 5.55. The molecule has 0 amide bonds. The van der Waals surface area contributed by atoms with Gasteiger partial charge in [-0.05, 0) is 26.3 Å². The number of rotatable bonds is 4. The first-order valence-corrected chi connectivity index (χ1v) is 7.72. The van der Waals surface area contributed by atoms with Crippen LogP contribution in [-0.2, 0) is 13.6 Å². The predicted molar refractivity (Wildman–Crippen MR) is 80.6 cm³/mol. The van der Waals surface area contributed by atoms with E-state index in [1.54, 1.807) is 0 Å². The third-order valence-electron chi connectivity index (χ3n) is 4.02. The van der Waals surface area contributed by atoms with E-state index in [9.17, 15) is 0 Å². The summed E-state index contributed by atoms with van der Waals surface area (Å²) in [6.07, 6.45) is 6.77. The lowest BCUT2D eigenvalue weighted by molar-refractivity contribution is 0.544. The van der Waals surface area contributed by atoms with E-state index >= 15 is 0 Å². The molecule has 1 aromatic rings. The molecule has 108 valence electrons. The maximum Gasteiger partial charge on any atom is 0.131 e. The summed E-state index contributed by atoms with van der Waals surface area (Å²) in [5, 5.41) is 8.07. The van der Waals surface area contributed by atoms with Gasteiger partial charge in [-0.3, -0.25) is 4.68 Å². The molecule has 0 unspecified atom stereocenters. The highest BCUT2D eigenvalue weighted by molar-refractivity contribution is 5.50. The summed E-state index contributed by atoms with van der Waals surface area (Å²) < 4.78 is 2.07. The van der Waals surface area contributed by atoms with E-state index in [2.05, 4.69) is 40.9 Å².